The van der Waals surface area contributed by atoms with Gasteiger partial charge in [-0.25, -0.2) is 14.1 Å². The quantitative estimate of drug-likeness (QED) is 0.158. The van der Waals surface area contributed by atoms with Crippen LogP contribution in [0, 0.1) is 6.92 Å². The van der Waals surface area contributed by atoms with E-state index < -0.39 is 12.5 Å². The molecule has 0 radical (unpaired) electrons. The predicted molar refractivity (Wildman–Crippen MR) is 171 cm³/mol. The van der Waals surface area contributed by atoms with Crippen molar-refractivity contribution < 1.29 is 27.1 Å². The molecule has 2 heterocycles. The summed E-state index contributed by atoms with van der Waals surface area (Å²) >= 11 is 6.66. The molecule has 1 atom stereocenters. The molecule has 1 aliphatic rings. The van der Waals surface area contributed by atoms with E-state index in [0.29, 0.717) is 27.8 Å². The van der Waals surface area contributed by atoms with Crippen LogP contribution >= 0.6 is 24.0 Å². The average molecular weight is 657 g/mol. The van der Waals surface area contributed by atoms with Gasteiger partial charge in [0.2, 0.25) is 5.91 Å². The highest BCUT2D eigenvalue weighted by atomic mass is 32.2. The first kappa shape index (κ1) is 32.1. The van der Waals surface area contributed by atoms with Crippen LogP contribution in [0.2, 0.25) is 0 Å². The van der Waals surface area contributed by atoms with Crippen LogP contribution in [0.4, 0.5) is 23.2 Å². The lowest BCUT2D eigenvalue weighted by Gasteiger charge is -2.22. The number of hydrogen-bond acceptors (Lipinski definition) is 6. The Morgan fingerprint density at radius 1 is 1.11 bits per heavy atom. The number of anilines is 1. The van der Waals surface area contributed by atoms with E-state index in [4.69, 9.17) is 12.2 Å². The van der Waals surface area contributed by atoms with Gasteiger partial charge in [-0.3, -0.25) is 9.69 Å². The first-order chi connectivity index (χ1) is 21.4. The van der Waals surface area contributed by atoms with Crippen LogP contribution < -0.4 is 15.0 Å². The van der Waals surface area contributed by atoms with Crippen molar-refractivity contribution in [2.45, 2.75) is 39.2 Å². The molecule has 0 aliphatic carbocycles. The molecule has 1 unspecified atom stereocenters. The average Bonchev–Trinajstić information content (AvgIpc) is 3.62. The van der Waals surface area contributed by atoms with E-state index in [-0.39, 0.29) is 35.0 Å². The summed E-state index contributed by atoms with van der Waals surface area (Å²) in [5.41, 5.74) is 4.31. The van der Waals surface area contributed by atoms with Crippen molar-refractivity contribution in [2.75, 3.05) is 17.2 Å². The fourth-order valence-electron chi connectivity index (χ4n) is 4.60. The molecule has 4 aromatic rings. The standard InChI is InChI=1S/C31H28F4N6O2S2/c1-18(2)24-13-4-19(3)14-26(24)41-27(42)16-45-30(41)38-29(44)36-15-25(32)20-5-7-21(8-6-20)28-37-17-40(39-28)22-9-11-23(12-10-22)43-31(33,34)35/h4-14,17-18,25H,15-16H2,1-3H3,(H,36,44). The molecule has 1 fully saturated rings. The van der Waals surface area contributed by atoms with Crippen LogP contribution in [0.1, 0.15) is 42.6 Å². The lowest BCUT2D eigenvalue weighted by molar-refractivity contribution is -0.274. The highest BCUT2D eigenvalue weighted by Crippen LogP contribution is 2.34. The summed E-state index contributed by atoms with van der Waals surface area (Å²) in [5, 5.41) is 7.73. The summed E-state index contributed by atoms with van der Waals surface area (Å²) in [7, 11) is 0. The molecule has 0 bridgehead atoms. The van der Waals surface area contributed by atoms with Crippen molar-refractivity contribution in [2.24, 2.45) is 4.99 Å². The molecular weight excluding hydrogens is 629 g/mol. The minimum absolute atomic E-state index is 0.0722. The van der Waals surface area contributed by atoms with Gasteiger partial charge in [-0.05, 0) is 72.1 Å². The van der Waals surface area contributed by atoms with Gasteiger partial charge < -0.3 is 10.1 Å². The number of aliphatic imine (C=N–C) groups is 1. The molecule has 8 nitrogen and oxygen atoms in total. The molecule has 3 aromatic carbocycles. The number of nitrogens with zero attached hydrogens (tertiary/aromatic N) is 5. The fraction of sp³-hybridized carbons (Fsp3) is 0.258. The van der Waals surface area contributed by atoms with E-state index in [0.717, 1.165) is 16.8 Å². The van der Waals surface area contributed by atoms with Gasteiger partial charge in [-0.2, -0.15) is 4.99 Å². The number of aryl methyl sites for hydroxylation is 1. The van der Waals surface area contributed by atoms with E-state index in [9.17, 15) is 18.0 Å². The minimum Gasteiger partial charge on any atom is -0.406 e. The Balaban J connectivity index is 1.20. The summed E-state index contributed by atoms with van der Waals surface area (Å²) in [4.78, 5) is 23.1. The number of alkyl halides is 4. The number of hydrogen-bond donors (Lipinski definition) is 1. The molecule has 45 heavy (non-hydrogen) atoms. The summed E-state index contributed by atoms with van der Waals surface area (Å²) in [5.74, 6) is 0.345. The molecule has 0 saturated carbocycles. The number of carbonyl (C=O) groups excluding carboxylic acids is 1. The molecule has 0 spiro atoms. The molecule has 1 amide bonds. The number of halogens is 4. The summed E-state index contributed by atoms with van der Waals surface area (Å²) in [6.45, 7) is 5.95. The van der Waals surface area contributed by atoms with E-state index in [1.54, 1.807) is 29.2 Å². The van der Waals surface area contributed by atoms with Crippen LogP contribution in [0.15, 0.2) is 78.0 Å². The SMILES string of the molecule is Cc1ccc(C(C)C)c(N2C(=O)CSC2=NC(=S)NCC(F)c2ccc(-c3ncn(-c4ccc(OC(F)(F)F)cc4)n3)cc2)c1. The van der Waals surface area contributed by atoms with Crippen LogP contribution in [0.25, 0.3) is 17.1 Å². The normalized spacial score (nSPS) is 15.2. The lowest BCUT2D eigenvalue weighted by atomic mass is 9.99. The van der Waals surface area contributed by atoms with E-state index in [2.05, 4.69) is 39.0 Å². The largest absolute Gasteiger partial charge is 0.573 e. The highest BCUT2D eigenvalue weighted by Gasteiger charge is 2.32. The van der Waals surface area contributed by atoms with Crippen molar-refractivity contribution in [3.8, 4) is 22.8 Å². The number of nitrogens with one attached hydrogen (secondary N) is 1. The molecule has 1 aliphatic heterocycles. The zero-order valence-corrected chi connectivity index (χ0v) is 26.0. The van der Waals surface area contributed by atoms with Crippen molar-refractivity contribution >= 4 is 45.9 Å². The van der Waals surface area contributed by atoms with Gasteiger partial charge in [0.15, 0.2) is 16.1 Å². The van der Waals surface area contributed by atoms with Gasteiger partial charge in [-0.15, -0.1) is 18.3 Å². The van der Waals surface area contributed by atoms with Crippen LogP contribution in [0.3, 0.4) is 0 Å². The number of rotatable bonds is 8. The number of benzene rings is 3. The monoisotopic (exact) mass is 656 g/mol. The van der Waals surface area contributed by atoms with Crippen molar-refractivity contribution in [1.29, 1.82) is 0 Å². The zero-order chi connectivity index (χ0) is 32.3. The van der Waals surface area contributed by atoms with Crippen LogP contribution in [-0.2, 0) is 4.79 Å². The summed E-state index contributed by atoms with van der Waals surface area (Å²) in [6, 6.07) is 17.8. The van der Waals surface area contributed by atoms with Gasteiger partial charge in [0.05, 0.1) is 23.7 Å². The van der Waals surface area contributed by atoms with Gasteiger partial charge in [0, 0.05) is 5.56 Å². The fourth-order valence-corrected chi connectivity index (χ4v) is 5.69. The molecule has 14 heteroatoms. The Hall–Kier alpha value is -4.30. The Bertz CT molecular complexity index is 1720. The maximum absolute atomic E-state index is 15.1. The number of amidine groups is 1. The summed E-state index contributed by atoms with van der Waals surface area (Å²) < 4.78 is 57.7. The molecule has 234 valence electrons. The molecule has 1 N–H and O–H groups in total. The first-order valence-electron chi connectivity index (χ1n) is 13.8. The van der Waals surface area contributed by atoms with Crippen LogP contribution in [-0.4, -0.2) is 49.6 Å². The van der Waals surface area contributed by atoms with Gasteiger partial charge in [0.25, 0.3) is 0 Å². The van der Waals surface area contributed by atoms with Crippen molar-refractivity contribution in [3.05, 3.63) is 89.7 Å². The Kier molecular flexibility index (Phi) is 9.53. The van der Waals surface area contributed by atoms with Gasteiger partial charge in [0.1, 0.15) is 18.2 Å². The van der Waals surface area contributed by atoms with Gasteiger partial charge in [-0.1, -0.05) is 62.0 Å². The van der Waals surface area contributed by atoms with E-state index >= 15 is 4.39 Å². The second-order valence-corrected chi connectivity index (χ2v) is 11.8. The minimum atomic E-state index is -4.78. The zero-order valence-electron chi connectivity index (χ0n) is 24.4. The van der Waals surface area contributed by atoms with Crippen molar-refractivity contribution in [1.82, 2.24) is 20.1 Å². The Morgan fingerprint density at radius 2 is 1.82 bits per heavy atom. The van der Waals surface area contributed by atoms with Crippen molar-refractivity contribution in [3.63, 3.8) is 0 Å². The smallest absolute Gasteiger partial charge is 0.406 e. The topological polar surface area (TPSA) is 84.6 Å². The molecule has 5 rings (SSSR count). The van der Waals surface area contributed by atoms with E-state index in [1.165, 1.54) is 47.0 Å². The van der Waals surface area contributed by atoms with E-state index in [1.807, 2.05) is 25.1 Å². The lowest BCUT2D eigenvalue weighted by Crippen LogP contribution is -2.32. The third-order valence-corrected chi connectivity index (χ3v) is 7.96. The number of aromatic nitrogens is 3. The highest BCUT2D eigenvalue weighted by molar-refractivity contribution is 8.15. The predicted octanol–water partition coefficient (Wildman–Crippen LogP) is 7.29. The Morgan fingerprint density at radius 3 is 2.49 bits per heavy atom. The maximum Gasteiger partial charge on any atom is 0.573 e. The molecule has 1 saturated heterocycles. The van der Waals surface area contributed by atoms with Crippen LogP contribution in [0.5, 0.6) is 5.75 Å². The first-order valence-corrected chi connectivity index (χ1v) is 15.2. The maximum atomic E-state index is 15.1. The second kappa shape index (κ2) is 13.4. The third kappa shape index (κ3) is 7.87. The number of thioether (sulfide) groups is 1. The second-order valence-electron chi connectivity index (χ2n) is 10.5. The number of thiocarbonyl (C=S) groups is 1. The Labute approximate surface area is 266 Å². The third-order valence-electron chi connectivity index (χ3n) is 6.80. The number of ether oxygens (including phenoxy) is 1. The molecule has 1 aromatic heterocycles. The number of amides is 1. The van der Waals surface area contributed by atoms with Gasteiger partial charge >= 0.3 is 6.36 Å². The molecular formula is C31H28F4N6O2S2. The summed E-state index contributed by atoms with van der Waals surface area (Å²) in [6.07, 6.45) is -4.76. The number of carbonyl (C=O) groups is 1.